The van der Waals surface area contributed by atoms with Crippen molar-refractivity contribution in [3.63, 3.8) is 0 Å². The van der Waals surface area contributed by atoms with E-state index in [-0.39, 0.29) is 87.7 Å². The first kappa shape index (κ1) is 37.7. The summed E-state index contributed by atoms with van der Waals surface area (Å²) in [6.07, 6.45) is 2.59. The molecule has 3 atom stereocenters. The first-order valence-electron chi connectivity index (χ1n) is 7.05. The van der Waals surface area contributed by atoms with E-state index in [0.29, 0.717) is 5.57 Å². The molecule has 158 valence electrons. The van der Waals surface area contributed by atoms with Crippen molar-refractivity contribution in [1.29, 1.82) is 0 Å². The third kappa shape index (κ3) is 11.7. The van der Waals surface area contributed by atoms with E-state index in [1.807, 2.05) is 0 Å². The third-order valence-electron chi connectivity index (χ3n) is 3.43. The molecule has 1 saturated carbocycles. The molecule has 1 aliphatic rings. The summed E-state index contributed by atoms with van der Waals surface area (Å²) < 4.78 is 44.7. The number of aliphatic hydroxyl groups excluding tert-OH is 1. The van der Waals surface area contributed by atoms with Crippen LogP contribution in [-0.4, -0.2) is 27.9 Å². The van der Waals surface area contributed by atoms with Gasteiger partial charge in [0.2, 0.25) is 0 Å². The number of nitrogens with two attached hydrogens (primary N) is 1. The van der Waals surface area contributed by atoms with E-state index >= 15 is 0 Å². The standard InChI is InChI=1S/C10H16N3O12P3.4Li/c11-8-1-2-13(9(15)12-8)4-7-3-10(7,5-14)6-23-27(19,20)25-28(21,22)24-26(16,17)18;;;;/h1-2,4,14H,3,5-6H2,(H,19,20)(H,21,22)(H2,11,12,15)(H2,16,17,18);;;;/q;4*+1/p-4/b7-4-;;;;/t10-;;;;/m0..../s1. The monoisotopic (exact) mass is 487 g/mol. The average molecular weight is 487 g/mol. The molecule has 1 aromatic heterocycles. The topological polar surface area (TPSA) is 252 Å². The van der Waals surface area contributed by atoms with Gasteiger partial charge in [0.05, 0.1) is 21.0 Å². The first-order valence-corrected chi connectivity index (χ1v) is 11.4. The zero-order valence-corrected chi connectivity index (χ0v) is 20.3. The quantitative estimate of drug-likeness (QED) is 0.242. The van der Waals surface area contributed by atoms with Gasteiger partial charge in [-0.15, -0.1) is 0 Å². The molecule has 0 amide bonds. The van der Waals surface area contributed by atoms with E-state index < -0.39 is 47.8 Å². The number of phosphoric ester groups is 1. The van der Waals surface area contributed by atoms with Gasteiger partial charge >= 0.3 is 81.1 Å². The second kappa shape index (κ2) is 14.1. The Labute approximate surface area is 229 Å². The van der Waals surface area contributed by atoms with Gasteiger partial charge in [-0.05, 0) is 18.1 Å². The smallest absolute Gasteiger partial charge is 0.790 e. The van der Waals surface area contributed by atoms with Crippen molar-refractivity contribution in [2.24, 2.45) is 5.41 Å². The van der Waals surface area contributed by atoms with Gasteiger partial charge in [-0.2, -0.15) is 4.98 Å². The Morgan fingerprint density at radius 3 is 2.16 bits per heavy atom. The molecule has 32 heavy (non-hydrogen) atoms. The van der Waals surface area contributed by atoms with Gasteiger partial charge in [-0.25, -0.2) is 9.11 Å². The molecule has 1 aromatic rings. The molecule has 1 fully saturated rings. The summed E-state index contributed by atoms with van der Waals surface area (Å²) in [5.74, 6) is -0.0263. The third-order valence-corrected chi connectivity index (χ3v) is 7.08. The summed E-state index contributed by atoms with van der Waals surface area (Å²) in [7, 11) is -17.8. The minimum Gasteiger partial charge on any atom is -0.790 e. The van der Waals surface area contributed by atoms with Crippen LogP contribution in [0.15, 0.2) is 22.6 Å². The van der Waals surface area contributed by atoms with E-state index in [1.165, 1.54) is 18.5 Å². The predicted molar refractivity (Wildman–Crippen MR) is 82.3 cm³/mol. The Morgan fingerprint density at radius 1 is 1.12 bits per heavy atom. The van der Waals surface area contributed by atoms with E-state index in [1.54, 1.807) is 0 Å². The van der Waals surface area contributed by atoms with Crippen molar-refractivity contribution in [1.82, 2.24) is 9.55 Å². The summed E-state index contributed by atoms with van der Waals surface area (Å²) in [6.45, 7) is -1.45. The molecule has 2 rings (SSSR count). The number of nitrogen functional groups attached to an aromatic ring is 1. The van der Waals surface area contributed by atoms with Gasteiger partial charge < -0.3 is 39.5 Å². The number of anilines is 1. The van der Waals surface area contributed by atoms with E-state index in [4.69, 9.17) is 5.73 Å². The molecule has 0 spiro atoms. The Bertz CT molecular complexity index is 1000. The fourth-order valence-corrected chi connectivity index (χ4v) is 4.97. The van der Waals surface area contributed by atoms with Crippen LogP contribution in [0.1, 0.15) is 6.42 Å². The van der Waals surface area contributed by atoms with Crippen LogP contribution in [0.25, 0.3) is 6.20 Å². The van der Waals surface area contributed by atoms with Crippen molar-refractivity contribution in [3.8, 4) is 0 Å². The molecular weight excluding hydrogens is 475 g/mol. The second-order valence-electron chi connectivity index (χ2n) is 5.59. The molecule has 0 radical (unpaired) electrons. The zero-order chi connectivity index (χ0) is 21.4. The molecule has 3 N–H and O–H groups in total. The number of rotatable bonds is 9. The molecule has 0 aliphatic heterocycles. The number of aliphatic hydroxyl groups is 1. The molecule has 22 heteroatoms. The van der Waals surface area contributed by atoms with Crippen molar-refractivity contribution in [2.45, 2.75) is 6.42 Å². The maximum Gasteiger partial charge on any atom is 1.00 e. The first-order chi connectivity index (χ1) is 12.7. The van der Waals surface area contributed by atoms with E-state index in [0.717, 1.165) is 4.57 Å². The van der Waals surface area contributed by atoms with Crippen LogP contribution < -0.4 is 106 Å². The number of nitrogens with zero attached hydrogens (tertiary/aromatic N) is 2. The van der Waals surface area contributed by atoms with E-state index in [2.05, 4.69) is 18.1 Å². The predicted octanol–water partition coefficient (Wildman–Crippen LogP) is -15.1. The average Bonchev–Trinajstić information content (AvgIpc) is 3.18. The summed E-state index contributed by atoms with van der Waals surface area (Å²) in [6, 6.07) is 1.31. The number of aromatic nitrogens is 2. The van der Waals surface area contributed by atoms with Gasteiger partial charge in [0.15, 0.2) is 0 Å². The van der Waals surface area contributed by atoms with Gasteiger partial charge in [-0.1, -0.05) is 0 Å². The second-order valence-corrected chi connectivity index (χ2v) is 9.84. The SMILES string of the molecule is Nc1ccn(/C=C2/C[C@]2(CO)COP(=O)([O-])OP(=O)([O-])OP(=O)([O-])[O-])c(=O)n1.[Li+].[Li+].[Li+].[Li+]. The summed E-state index contributed by atoms with van der Waals surface area (Å²) in [5, 5.41) is 9.46. The van der Waals surface area contributed by atoms with Gasteiger partial charge in [-0.3, -0.25) is 18.0 Å². The molecule has 2 unspecified atom stereocenters. The summed E-state index contributed by atoms with van der Waals surface area (Å²) >= 11 is 0. The van der Waals surface area contributed by atoms with Crippen molar-refractivity contribution < 1.29 is 127 Å². The minimum atomic E-state index is -6.09. The van der Waals surface area contributed by atoms with E-state index in [9.17, 15) is 43.2 Å². The largest absolute Gasteiger partial charge is 1.00 e. The van der Waals surface area contributed by atoms with Crippen molar-refractivity contribution in [3.05, 3.63) is 28.3 Å². The number of hydrogen-bond acceptors (Lipinski definition) is 14. The van der Waals surface area contributed by atoms with Crippen LogP contribution in [0.2, 0.25) is 0 Å². The molecule has 0 aromatic carbocycles. The van der Waals surface area contributed by atoms with Crippen molar-refractivity contribution in [2.75, 3.05) is 18.9 Å². The molecule has 0 saturated heterocycles. The Hall–Kier alpha value is 1.18. The fourth-order valence-electron chi connectivity index (χ4n) is 2.03. The van der Waals surface area contributed by atoms with Crippen LogP contribution in [0.3, 0.4) is 0 Å². The normalized spacial score (nSPS) is 22.1. The number of phosphoric acid groups is 3. The van der Waals surface area contributed by atoms with Crippen LogP contribution in [0.5, 0.6) is 0 Å². The van der Waals surface area contributed by atoms with Crippen LogP contribution in [-0.2, 0) is 26.8 Å². The molecule has 15 nitrogen and oxygen atoms in total. The maximum atomic E-state index is 11.7. The molecule has 1 heterocycles. The zero-order valence-electron chi connectivity index (χ0n) is 17.6. The van der Waals surface area contributed by atoms with Crippen LogP contribution >= 0.6 is 23.5 Å². The Balaban J connectivity index is -0.00000210. The Morgan fingerprint density at radius 2 is 1.69 bits per heavy atom. The van der Waals surface area contributed by atoms with Crippen molar-refractivity contribution >= 4 is 35.5 Å². The molecular formula is C10H12Li4N3O12P3. The van der Waals surface area contributed by atoms with Crippen LogP contribution in [0, 0.1) is 5.41 Å². The van der Waals surface area contributed by atoms with Gasteiger partial charge in [0, 0.05) is 17.8 Å². The fraction of sp³-hybridized carbons (Fsp3) is 0.400. The summed E-state index contributed by atoms with van der Waals surface area (Å²) in [4.78, 5) is 58.2. The Kier molecular flexibility index (Phi) is 16.6. The molecule has 0 bridgehead atoms. The molecule has 1 aliphatic carbocycles. The number of hydrogen-bond donors (Lipinski definition) is 2. The van der Waals surface area contributed by atoms with Gasteiger partial charge in [0.1, 0.15) is 5.82 Å². The van der Waals surface area contributed by atoms with Crippen LogP contribution in [0.4, 0.5) is 5.82 Å². The minimum absolute atomic E-state index is 0. The maximum absolute atomic E-state index is 11.7. The van der Waals surface area contributed by atoms with Gasteiger partial charge in [0.25, 0.3) is 15.6 Å². The summed E-state index contributed by atoms with van der Waals surface area (Å²) in [5.41, 5.74) is 3.68.